The molecule has 1 fully saturated rings. The third-order valence-electron chi connectivity index (χ3n) is 4.23. The first-order chi connectivity index (χ1) is 11.4. The number of likely N-dealkylation sites (tertiary alicyclic amines) is 1. The average Bonchev–Trinajstić information content (AvgIpc) is 2.54. The highest BCUT2D eigenvalue weighted by Crippen LogP contribution is 2.33. The molecule has 1 aliphatic heterocycles. The Labute approximate surface area is 141 Å². The van der Waals surface area contributed by atoms with Crippen LogP contribution in [0.25, 0.3) is 0 Å². The van der Waals surface area contributed by atoms with Crippen LogP contribution in [-0.4, -0.2) is 49.7 Å². The third-order valence-corrected chi connectivity index (χ3v) is 4.23. The summed E-state index contributed by atoms with van der Waals surface area (Å²) >= 11 is 0. The fourth-order valence-electron chi connectivity index (χ4n) is 2.97. The maximum Gasteiger partial charge on any atom is 0.404 e. The number of nitrogens with zero attached hydrogens (tertiary/aromatic N) is 1. The summed E-state index contributed by atoms with van der Waals surface area (Å²) < 4.78 is 10.3. The van der Waals surface area contributed by atoms with E-state index in [0.717, 1.165) is 6.42 Å². The van der Waals surface area contributed by atoms with E-state index in [4.69, 9.17) is 20.9 Å². The highest BCUT2D eigenvalue weighted by Gasteiger charge is 2.31. The number of amides is 2. The second-order valence-electron chi connectivity index (χ2n) is 5.84. The van der Waals surface area contributed by atoms with Crippen molar-refractivity contribution in [2.45, 2.75) is 31.9 Å². The number of methoxy groups -OCH3 is 1. The number of primary amides is 1. The quantitative estimate of drug-likeness (QED) is 0.715. The number of nitrogens with one attached hydrogen (secondary N) is 1. The predicted octanol–water partition coefficient (Wildman–Crippen LogP) is 1.41. The molecule has 1 aromatic rings. The van der Waals surface area contributed by atoms with Crippen molar-refractivity contribution >= 4 is 23.4 Å². The van der Waals surface area contributed by atoms with Crippen molar-refractivity contribution in [1.82, 2.24) is 4.90 Å². The predicted molar refractivity (Wildman–Crippen MR) is 91.1 cm³/mol. The summed E-state index contributed by atoms with van der Waals surface area (Å²) in [4.78, 5) is 25.5. The Morgan fingerprint density at radius 2 is 2.04 bits per heavy atom. The standard InChI is InChI=1S/C16H24N4O4/c1-9-4-5-11(24-16(18)22)8-20(9)15(21)10-6-12(17)14(19-2)13(7-10)23-3/h6-7,9,11,19H,4-5,8,17H2,1-3H3,(H2,18,22)/t9-,11+/m0/s1. The summed E-state index contributed by atoms with van der Waals surface area (Å²) in [6.07, 6.45) is 0.188. The van der Waals surface area contributed by atoms with Crippen molar-refractivity contribution in [3.8, 4) is 5.75 Å². The van der Waals surface area contributed by atoms with Crippen molar-refractivity contribution < 1.29 is 19.1 Å². The zero-order chi connectivity index (χ0) is 17.9. The molecule has 0 bridgehead atoms. The highest BCUT2D eigenvalue weighted by molar-refractivity contribution is 5.97. The van der Waals surface area contributed by atoms with Crippen LogP contribution in [0.5, 0.6) is 5.75 Å². The Morgan fingerprint density at radius 1 is 1.33 bits per heavy atom. The van der Waals surface area contributed by atoms with Crippen LogP contribution >= 0.6 is 0 Å². The lowest BCUT2D eigenvalue weighted by Crippen LogP contribution is -2.49. The van der Waals surface area contributed by atoms with Gasteiger partial charge in [0.1, 0.15) is 11.9 Å². The van der Waals surface area contributed by atoms with E-state index in [1.165, 1.54) is 7.11 Å². The first kappa shape index (κ1) is 17.7. The summed E-state index contributed by atoms with van der Waals surface area (Å²) in [5.74, 6) is 0.309. The molecular formula is C16H24N4O4. The number of carbonyl (C=O) groups excluding carboxylic acids is 2. The van der Waals surface area contributed by atoms with Crippen molar-refractivity contribution in [2.75, 3.05) is 31.8 Å². The number of nitrogen functional groups attached to an aromatic ring is 1. The molecule has 0 spiro atoms. The molecule has 8 heteroatoms. The van der Waals surface area contributed by atoms with Crippen molar-refractivity contribution in [2.24, 2.45) is 5.73 Å². The fraction of sp³-hybridized carbons (Fsp3) is 0.500. The molecule has 24 heavy (non-hydrogen) atoms. The van der Waals surface area contributed by atoms with E-state index in [1.807, 2.05) is 6.92 Å². The first-order valence-corrected chi connectivity index (χ1v) is 7.79. The lowest BCUT2D eigenvalue weighted by atomic mass is 9.99. The lowest BCUT2D eigenvalue weighted by Gasteiger charge is -2.37. The van der Waals surface area contributed by atoms with Crippen molar-refractivity contribution in [1.29, 1.82) is 0 Å². The van der Waals surface area contributed by atoms with Gasteiger partial charge in [-0.2, -0.15) is 0 Å². The molecule has 5 N–H and O–H groups in total. The van der Waals surface area contributed by atoms with Gasteiger partial charge in [-0.05, 0) is 31.9 Å². The van der Waals surface area contributed by atoms with Gasteiger partial charge in [-0.3, -0.25) is 4.79 Å². The molecule has 1 aromatic carbocycles. The van der Waals surface area contributed by atoms with Crippen LogP contribution in [0.3, 0.4) is 0 Å². The van der Waals surface area contributed by atoms with E-state index < -0.39 is 12.2 Å². The number of hydrogen-bond donors (Lipinski definition) is 3. The number of piperidine rings is 1. The number of carbonyl (C=O) groups is 2. The molecule has 2 amide bonds. The first-order valence-electron chi connectivity index (χ1n) is 7.79. The molecule has 1 aliphatic rings. The van der Waals surface area contributed by atoms with Gasteiger partial charge in [0.25, 0.3) is 5.91 Å². The Bertz CT molecular complexity index is 635. The molecule has 0 unspecified atom stereocenters. The minimum Gasteiger partial charge on any atom is -0.494 e. The topological polar surface area (TPSA) is 120 Å². The van der Waals surface area contributed by atoms with E-state index >= 15 is 0 Å². The van der Waals surface area contributed by atoms with E-state index in [0.29, 0.717) is 35.7 Å². The second kappa shape index (κ2) is 7.29. The molecule has 8 nitrogen and oxygen atoms in total. The summed E-state index contributed by atoms with van der Waals surface area (Å²) in [5, 5.41) is 2.95. The minimum absolute atomic E-state index is 0.0291. The van der Waals surface area contributed by atoms with Gasteiger partial charge < -0.3 is 31.2 Å². The minimum atomic E-state index is -0.828. The normalized spacial score (nSPS) is 20.4. The number of ether oxygens (including phenoxy) is 2. The maximum atomic E-state index is 12.9. The van der Waals surface area contributed by atoms with Crippen molar-refractivity contribution in [3.63, 3.8) is 0 Å². The molecule has 0 radical (unpaired) electrons. The number of hydrogen-bond acceptors (Lipinski definition) is 6. The molecule has 0 saturated carbocycles. The van der Waals surface area contributed by atoms with E-state index in [2.05, 4.69) is 5.32 Å². The average molecular weight is 336 g/mol. The highest BCUT2D eigenvalue weighted by atomic mass is 16.6. The zero-order valence-corrected chi connectivity index (χ0v) is 14.2. The van der Waals surface area contributed by atoms with Crippen LogP contribution in [0.2, 0.25) is 0 Å². The van der Waals surface area contributed by atoms with Crippen molar-refractivity contribution in [3.05, 3.63) is 17.7 Å². The van der Waals surface area contributed by atoms with Crippen LogP contribution in [0.4, 0.5) is 16.2 Å². The van der Waals surface area contributed by atoms with Gasteiger partial charge in [-0.15, -0.1) is 0 Å². The molecule has 2 rings (SSSR count). The fourth-order valence-corrected chi connectivity index (χ4v) is 2.97. The van der Waals surface area contributed by atoms with E-state index in [-0.39, 0.29) is 11.9 Å². The number of anilines is 2. The van der Waals surface area contributed by atoms with Crippen LogP contribution < -0.4 is 21.5 Å². The smallest absolute Gasteiger partial charge is 0.404 e. The van der Waals surface area contributed by atoms with Gasteiger partial charge in [-0.25, -0.2) is 4.79 Å². The summed E-state index contributed by atoms with van der Waals surface area (Å²) in [6.45, 7) is 2.26. The van der Waals surface area contributed by atoms with Gasteiger partial charge in [0.2, 0.25) is 0 Å². The van der Waals surface area contributed by atoms with Gasteiger partial charge in [-0.1, -0.05) is 0 Å². The van der Waals surface area contributed by atoms with E-state index in [9.17, 15) is 9.59 Å². The molecule has 132 valence electrons. The van der Waals surface area contributed by atoms with Gasteiger partial charge in [0.05, 0.1) is 25.0 Å². The Morgan fingerprint density at radius 3 is 2.62 bits per heavy atom. The van der Waals surface area contributed by atoms with Crippen LogP contribution in [-0.2, 0) is 4.74 Å². The third kappa shape index (κ3) is 3.64. The number of benzene rings is 1. The molecule has 1 saturated heterocycles. The van der Waals surface area contributed by atoms with Crippen LogP contribution in [0.15, 0.2) is 12.1 Å². The monoisotopic (exact) mass is 336 g/mol. The molecule has 2 atom stereocenters. The summed E-state index contributed by atoms with van der Waals surface area (Å²) in [7, 11) is 3.25. The largest absolute Gasteiger partial charge is 0.494 e. The van der Waals surface area contributed by atoms with E-state index in [1.54, 1.807) is 24.1 Å². The number of nitrogens with two attached hydrogens (primary N) is 2. The Hall–Kier alpha value is -2.64. The summed E-state index contributed by atoms with van der Waals surface area (Å²) in [6, 6.07) is 3.29. The number of rotatable bonds is 4. The lowest BCUT2D eigenvalue weighted by molar-refractivity contribution is 0.0220. The maximum absolute atomic E-state index is 12.9. The van der Waals surface area contributed by atoms with Gasteiger partial charge in [0.15, 0.2) is 0 Å². The Balaban J connectivity index is 2.26. The van der Waals surface area contributed by atoms with Crippen LogP contribution in [0, 0.1) is 0 Å². The molecular weight excluding hydrogens is 312 g/mol. The van der Waals surface area contributed by atoms with Gasteiger partial charge >= 0.3 is 6.09 Å². The zero-order valence-electron chi connectivity index (χ0n) is 14.2. The summed E-state index contributed by atoms with van der Waals surface area (Å²) in [5.41, 5.74) is 12.6. The van der Waals surface area contributed by atoms with Crippen LogP contribution in [0.1, 0.15) is 30.1 Å². The SMILES string of the molecule is CNc1c(N)cc(C(=O)N2C[C@H](OC(N)=O)CC[C@@H]2C)cc1OC. The molecule has 0 aromatic heterocycles. The Kier molecular flexibility index (Phi) is 5.38. The van der Waals surface area contributed by atoms with Gasteiger partial charge in [0, 0.05) is 18.7 Å². The second-order valence-corrected chi connectivity index (χ2v) is 5.84. The molecule has 1 heterocycles. The molecule has 0 aliphatic carbocycles.